The largest absolute Gasteiger partial charge is 0.445 e. The van der Waals surface area contributed by atoms with Gasteiger partial charge in [0.1, 0.15) is 6.61 Å². The van der Waals surface area contributed by atoms with Crippen LogP contribution in [0.25, 0.3) is 5.78 Å². The van der Waals surface area contributed by atoms with Crippen molar-refractivity contribution < 1.29 is 36.3 Å². The molecule has 1 aliphatic heterocycles. The SMILES string of the molecule is O=C(N[C@H](c1cn2nc(C[C@@H]3C[C@H](C(F)(F)F)CNC3=O)cnc2n1)C1CCC(F)(F)CC1)OCc1ccccc1. The van der Waals surface area contributed by atoms with E-state index >= 15 is 0 Å². The molecule has 0 spiro atoms. The van der Waals surface area contributed by atoms with Crippen LogP contribution in [-0.4, -0.2) is 50.2 Å². The van der Waals surface area contributed by atoms with Crippen molar-refractivity contribution in [2.24, 2.45) is 17.8 Å². The molecule has 5 rings (SSSR count). The smallest absolute Gasteiger partial charge is 0.408 e. The molecule has 1 aromatic carbocycles. The van der Waals surface area contributed by atoms with E-state index in [1.54, 1.807) is 12.1 Å². The standard InChI is InChI=1S/C27H29F5N6O3/c28-26(29)8-6-17(7-9-26)22(36-25(40)41-15-16-4-2-1-3-5-16)21-14-38-24(35-21)34-13-20(37-38)11-18-10-19(27(30,31)32)12-33-23(18)39/h1-5,13-14,17-19,22H,6-12,15H2,(H,33,39)(H,36,40)/t18-,19-,22-/m0/s1. The number of alkyl halides is 5. The summed E-state index contributed by atoms with van der Waals surface area (Å²) in [4.78, 5) is 33.7. The number of alkyl carbamates (subject to hydrolysis) is 1. The van der Waals surface area contributed by atoms with Gasteiger partial charge in [0, 0.05) is 31.7 Å². The molecule has 2 amide bonds. The summed E-state index contributed by atoms with van der Waals surface area (Å²) in [5, 5.41) is 9.47. The summed E-state index contributed by atoms with van der Waals surface area (Å²) in [5.41, 5.74) is 1.40. The van der Waals surface area contributed by atoms with Crippen LogP contribution >= 0.6 is 0 Å². The second-order valence-corrected chi connectivity index (χ2v) is 10.7. The van der Waals surface area contributed by atoms with Gasteiger partial charge in [-0.2, -0.15) is 18.3 Å². The number of hydrogen-bond acceptors (Lipinski definition) is 6. The van der Waals surface area contributed by atoms with Gasteiger partial charge >= 0.3 is 12.3 Å². The molecule has 41 heavy (non-hydrogen) atoms. The highest BCUT2D eigenvalue weighted by molar-refractivity contribution is 5.79. The number of imidazole rings is 1. The van der Waals surface area contributed by atoms with E-state index in [-0.39, 0.29) is 62.5 Å². The van der Waals surface area contributed by atoms with Gasteiger partial charge in [-0.15, -0.1) is 0 Å². The monoisotopic (exact) mass is 580 g/mol. The molecule has 0 bridgehead atoms. The van der Waals surface area contributed by atoms with Crippen LogP contribution in [0.1, 0.15) is 55.1 Å². The maximum absolute atomic E-state index is 13.9. The molecule has 3 heterocycles. The Balaban J connectivity index is 1.33. The van der Waals surface area contributed by atoms with Gasteiger partial charge in [-0.3, -0.25) is 4.79 Å². The summed E-state index contributed by atoms with van der Waals surface area (Å²) in [7, 11) is 0. The molecule has 220 valence electrons. The number of hydrogen-bond donors (Lipinski definition) is 2. The fourth-order valence-electron chi connectivity index (χ4n) is 5.38. The molecule has 1 saturated heterocycles. The summed E-state index contributed by atoms with van der Waals surface area (Å²) in [6, 6.07) is 8.27. The van der Waals surface area contributed by atoms with Crippen LogP contribution < -0.4 is 10.6 Å². The Morgan fingerprint density at radius 2 is 1.93 bits per heavy atom. The Kier molecular flexibility index (Phi) is 8.09. The fourth-order valence-corrected chi connectivity index (χ4v) is 5.38. The Labute approximate surface area is 231 Å². The topological polar surface area (TPSA) is 111 Å². The number of nitrogens with zero attached hydrogens (tertiary/aromatic N) is 4. The first-order valence-electron chi connectivity index (χ1n) is 13.4. The highest BCUT2D eigenvalue weighted by Gasteiger charge is 2.45. The van der Waals surface area contributed by atoms with Crippen molar-refractivity contribution in [3.05, 3.63) is 59.7 Å². The van der Waals surface area contributed by atoms with Crippen molar-refractivity contribution in [2.45, 2.75) is 63.3 Å². The van der Waals surface area contributed by atoms with E-state index in [0.29, 0.717) is 5.69 Å². The summed E-state index contributed by atoms with van der Waals surface area (Å²) < 4.78 is 74.1. The van der Waals surface area contributed by atoms with Gasteiger partial charge in [-0.05, 0) is 30.7 Å². The number of piperidine rings is 1. The minimum absolute atomic E-state index is 0.0176. The molecule has 0 unspecified atom stereocenters. The van der Waals surface area contributed by atoms with Gasteiger partial charge in [0.05, 0.1) is 35.7 Å². The summed E-state index contributed by atoms with van der Waals surface area (Å²) in [5.74, 6) is -6.03. The summed E-state index contributed by atoms with van der Waals surface area (Å²) in [6.07, 6.45) is -3.09. The zero-order valence-electron chi connectivity index (χ0n) is 21.9. The number of halogens is 5. The van der Waals surface area contributed by atoms with E-state index in [1.165, 1.54) is 16.9 Å². The Morgan fingerprint density at radius 1 is 1.20 bits per heavy atom. The first-order chi connectivity index (χ1) is 19.5. The number of amides is 2. The maximum Gasteiger partial charge on any atom is 0.408 e. The number of fused-ring (bicyclic) bond motifs is 1. The molecule has 3 atom stereocenters. The minimum Gasteiger partial charge on any atom is -0.445 e. The molecule has 2 aromatic heterocycles. The average molecular weight is 581 g/mol. The van der Waals surface area contributed by atoms with Crippen LogP contribution in [0.2, 0.25) is 0 Å². The van der Waals surface area contributed by atoms with E-state index in [2.05, 4.69) is 25.7 Å². The third kappa shape index (κ3) is 7.09. The molecule has 3 aromatic rings. The second kappa shape index (κ2) is 11.6. The predicted octanol–water partition coefficient (Wildman–Crippen LogP) is 4.77. The molecule has 1 saturated carbocycles. The molecule has 14 heteroatoms. The van der Waals surface area contributed by atoms with Gasteiger partial charge in [-0.25, -0.2) is 28.1 Å². The van der Waals surface area contributed by atoms with Crippen LogP contribution in [-0.2, 0) is 22.6 Å². The van der Waals surface area contributed by atoms with E-state index in [4.69, 9.17) is 4.74 Å². The lowest BCUT2D eigenvalue weighted by molar-refractivity contribution is -0.183. The first kappa shape index (κ1) is 28.7. The minimum atomic E-state index is -4.42. The lowest BCUT2D eigenvalue weighted by Crippen LogP contribution is -2.47. The number of ether oxygens (including phenoxy) is 1. The summed E-state index contributed by atoms with van der Waals surface area (Å²) >= 11 is 0. The Bertz CT molecular complexity index is 1370. The van der Waals surface area contributed by atoms with Crippen molar-refractivity contribution in [3.8, 4) is 0 Å². The van der Waals surface area contributed by atoms with E-state index in [1.807, 2.05) is 18.2 Å². The number of rotatable bonds is 7. The fraction of sp³-hybridized carbons (Fsp3) is 0.519. The van der Waals surface area contributed by atoms with Crippen LogP contribution in [0.4, 0.5) is 26.7 Å². The van der Waals surface area contributed by atoms with E-state index in [9.17, 15) is 31.5 Å². The van der Waals surface area contributed by atoms with Gasteiger partial charge in [0.15, 0.2) is 0 Å². The van der Waals surface area contributed by atoms with Gasteiger partial charge in [0.25, 0.3) is 5.78 Å². The lowest BCUT2D eigenvalue weighted by atomic mass is 9.81. The lowest BCUT2D eigenvalue weighted by Gasteiger charge is -2.33. The molecular formula is C27H29F5N6O3. The third-order valence-electron chi connectivity index (χ3n) is 7.67. The van der Waals surface area contributed by atoms with E-state index < -0.39 is 48.5 Å². The molecule has 1 aliphatic carbocycles. The quantitative estimate of drug-likeness (QED) is 0.390. The van der Waals surface area contributed by atoms with Crippen molar-refractivity contribution in [3.63, 3.8) is 0 Å². The van der Waals surface area contributed by atoms with Crippen LogP contribution in [0, 0.1) is 17.8 Å². The Hall–Kier alpha value is -3.84. The van der Waals surface area contributed by atoms with Gasteiger partial charge in [0.2, 0.25) is 11.8 Å². The molecule has 2 fully saturated rings. The molecular weight excluding hydrogens is 551 g/mol. The van der Waals surface area contributed by atoms with Crippen molar-refractivity contribution in [1.29, 1.82) is 0 Å². The number of carbonyl (C=O) groups excluding carboxylic acids is 2. The number of nitrogens with one attached hydrogen (secondary N) is 2. The van der Waals surface area contributed by atoms with Crippen LogP contribution in [0.5, 0.6) is 0 Å². The predicted molar refractivity (Wildman–Crippen MR) is 135 cm³/mol. The van der Waals surface area contributed by atoms with Gasteiger partial charge < -0.3 is 15.4 Å². The third-order valence-corrected chi connectivity index (χ3v) is 7.67. The van der Waals surface area contributed by atoms with Crippen LogP contribution in [0.3, 0.4) is 0 Å². The van der Waals surface area contributed by atoms with Crippen molar-refractivity contribution in [1.82, 2.24) is 30.2 Å². The van der Waals surface area contributed by atoms with Crippen molar-refractivity contribution >= 4 is 17.8 Å². The zero-order valence-corrected chi connectivity index (χ0v) is 21.9. The van der Waals surface area contributed by atoms with Gasteiger partial charge in [-0.1, -0.05) is 30.3 Å². The maximum atomic E-state index is 13.9. The second-order valence-electron chi connectivity index (χ2n) is 10.7. The normalized spacial score (nSPS) is 22.2. The average Bonchev–Trinajstić information content (AvgIpc) is 3.35. The van der Waals surface area contributed by atoms with E-state index in [0.717, 1.165) is 5.56 Å². The summed E-state index contributed by atoms with van der Waals surface area (Å²) in [6.45, 7) is -0.437. The molecule has 2 aliphatic rings. The number of benzene rings is 1. The highest BCUT2D eigenvalue weighted by Crippen LogP contribution is 2.41. The van der Waals surface area contributed by atoms with Crippen molar-refractivity contribution in [2.75, 3.05) is 6.54 Å². The molecule has 2 N–H and O–H groups in total. The Morgan fingerprint density at radius 3 is 2.63 bits per heavy atom. The molecule has 9 nitrogen and oxygen atoms in total. The van der Waals surface area contributed by atoms with Crippen LogP contribution in [0.15, 0.2) is 42.7 Å². The first-order valence-corrected chi connectivity index (χ1v) is 13.4. The number of carbonyl (C=O) groups is 2. The zero-order chi connectivity index (χ0) is 29.2. The highest BCUT2D eigenvalue weighted by atomic mass is 19.4. The number of aromatic nitrogens is 4. The molecule has 0 radical (unpaired) electrons.